The second kappa shape index (κ2) is 8.01. The lowest BCUT2D eigenvalue weighted by molar-refractivity contribution is -0.0499. The zero-order valence-electron chi connectivity index (χ0n) is 11.2. The third-order valence-corrected chi connectivity index (χ3v) is 2.74. The van der Waals surface area contributed by atoms with Crippen molar-refractivity contribution >= 4 is 17.5 Å². The Morgan fingerprint density at radius 3 is 2.75 bits per heavy atom. The van der Waals surface area contributed by atoms with Gasteiger partial charge in [-0.2, -0.15) is 8.78 Å². The largest absolute Gasteiger partial charge is 0.435 e. The van der Waals surface area contributed by atoms with Crippen molar-refractivity contribution in [2.24, 2.45) is 0 Å². The van der Waals surface area contributed by atoms with Crippen LogP contribution in [0.15, 0.2) is 24.3 Å². The van der Waals surface area contributed by atoms with Gasteiger partial charge in [-0.15, -0.1) is 11.6 Å². The fourth-order valence-corrected chi connectivity index (χ4v) is 1.97. The van der Waals surface area contributed by atoms with Crippen molar-refractivity contribution in [3.63, 3.8) is 0 Å². The second-order valence-electron chi connectivity index (χ2n) is 4.14. The predicted molar refractivity (Wildman–Crippen MR) is 71.6 cm³/mol. The number of hydrogen-bond donors (Lipinski definition) is 0. The molecule has 0 aliphatic heterocycles. The van der Waals surface area contributed by atoms with E-state index >= 15 is 0 Å². The molecular formula is C13H16ClF2NO3. The van der Waals surface area contributed by atoms with E-state index < -0.39 is 6.61 Å². The first-order valence-corrected chi connectivity index (χ1v) is 6.31. The van der Waals surface area contributed by atoms with Crippen LogP contribution in [-0.2, 0) is 4.74 Å². The zero-order valence-corrected chi connectivity index (χ0v) is 11.9. The number of amides is 1. The van der Waals surface area contributed by atoms with Crippen LogP contribution in [0, 0.1) is 0 Å². The first kappa shape index (κ1) is 16.7. The second-order valence-corrected chi connectivity index (χ2v) is 4.76. The van der Waals surface area contributed by atoms with Crippen molar-refractivity contribution in [1.82, 2.24) is 4.90 Å². The molecule has 7 heteroatoms. The molecule has 0 bridgehead atoms. The van der Waals surface area contributed by atoms with Crippen molar-refractivity contribution in [2.75, 3.05) is 27.3 Å². The number of carbonyl (C=O) groups excluding carboxylic acids is 1. The number of alkyl halides is 3. The van der Waals surface area contributed by atoms with Crippen LogP contribution in [0.25, 0.3) is 0 Å². The normalized spacial score (nSPS) is 12.3. The van der Waals surface area contributed by atoms with Gasteiger partial charge in [0.05, 0.1) is 12.0 Å². The summed E-state index contributed by atoms with van der Waals surface area (Å²) >= 11 is 5.96. The fraction of sp³-hybridized carbons (Fsp3) is 0.462. The summed E-state index contributed by atoms with van der Waals surface area (Å²) in [5, 5.41) is -0.338. The van der Waals surface area contributed by atoms with E-state index in [0.29, 0.717) is 6.61 Å². The Labute approximate surface area is 121 Å². The van der Waals surface area contributed by atoms with Crippen LogP contribution in [0.1, 0.15) is 10.4 Å². The third-order valence-electron chi connectivity index (χ3n) is 2.47. The Morgan fingerprint density at radius 2 is 2.15 bits per heavy atom. The van der Waals surface area contributed by atoms with Crippen molar-refractivity contribution < 1.29 is 23.0 Å². The van der Waals surface area contributed by atoms with Crippen molar-refractivity contribution in [2.45, 2.75) is 12.0 Å². The number of benzene rings is 1. The molecule has 0 heterocycles. The highest BCUT2D eigenvalue weighted by atomic mass is 35.5. The Morgan fingerprint density at radius 1 is 1.45 bits per heavy atom. The first-order chi connectivity index (χ1) is 9.43. The summed E-state index contributed by atoms with van der Waals surface area (Å²) < 4.78 is 33.4. The van der Waals surface area contributed by atoms with Gasteiger partial charge in [-0.05, 0) is 18.2 Å². The van der Waals surface area contributed by atoms with E-state index in [-0.39, 0.29) is 29.1 Å². The van der Waals surface area contributed by atoms with Crippen LogP contribution in [0.3, 0.4) is 0 Å². The molecule has 1 aromatic carbocycles. The molecule has 112 valence electrons. The SMILES string of the molecule is COCC(Cl)CN(C)C(=O)c1cccc(OC(F)F)c1. The van der Waals surface area contributed by atoms with Crippen LogP contribution in [-0.4, -0.2) is 50.1 Å². The summed E-state index contributed by atoms with van der Waals surface area (Å²) in [5.41, 5.74) is 0.256. The molecule has 0 saturated carbocycles. The van der Waals surface area contributed by atoms with E-state index in [4.69, 9.17) is 16.3 Å². The van der Waals surface area contributed by atoms with Gasteiger partial charge in [0.25, 0.3) is 5.91 Å². The molecule has 0 fully saturated rings. The fourth-order valence-electron chi connectivity index (χ4n) is 1.64. The topological polar surface area (TPSA) is 38.8 Å². The summed E-state index contributed by atoms with van der Waals surface area (Å²) in [6.07, 6.45) is 0. The minimum Gasteiger partial charge on any atom is -0.435 e. The van der Waals surface area contributed by atoms with Crippen LogP contribution in [0.4, 0.5) is 8.78 Å². The van der Waals surface area contributed by atoms with Crippen LogP contribution >= 0.6 is 11.6 Å². The van der Waals surface area contributed by atoms with E-state index in [1.165, 1.54) is 36.3 Å². The van der Waals surface area contributed by atoms with Gasteiger partial charge in [0.15, 0.2) is 0 Å². The maximum atomic E-state index is 12.1. The minimum atomic E-state index is -2.92. The van der Waals surface area contributed by atoms with Gasteiger partial charge in [-0.3, -0.25) is 4.79 Å². The number of nitrogens with zero attached hydrogens (tertiary/aromatic N) is 1. The molecule has 0 aromatic heterocycles. The molecule has 1 aromatic rings. The number of hydrogen-bond acceptors (Lipinski definition) is 3. The molecule has 1 unspecified atom stereocenters. The lowest BCUT2D eigenvalue weighted by Gasteiger charge is -2.20. The molecule has 1 rings (SSSR count). The number of halogens is 3. The van der Waals surface area contributed by atoms with E-state index in [1.54, 1.807) is 7.05 Å². The third kappa shape index (κ3) is 5.30. The van der Waals surface area contributed by atoms with Gasteiger partial charge in [-0.25, -0.2) is 0 Å². The highest BCUT2D eigenvalue weighted by Gasteiger charge is 2.16. The van der Waals surface area contributed by atoms with Gasteiger partial charge >= 0.3 is 6.61 Å². The van der Waals surface area contributed by atoms with Gasteiger partial charge in [0, 0.05) is 26.3 Å². The number of carbonyl (C=O) groups is 1. The van der Waals surface area contributed by atoms with E-state index in [2.05, 4.69) is 4.74 Å². The summed E-state index contributed by atoms with van der Waals surface area (Å²) in [6, 6.07) is 5.63. The highest BCUT2D eigenvalue weighted by molar-refractivity contribution is 6.21. The number of rotatable bonds is 7. The maximum Gasteiger partial charge on any atom is 0.387 e. The number of ether oxygens (including phenoxy) is 2. The molecular weight excluding hydrogens is 292 g/mol. The Kier molecular flexibility index (Phi) is 6.67. The molecule has 0 saturated heterocycles. The molecule has 1 atom stereocenters. The molecule has 0 radical (unpaired) electrons. The molecule has 0 N–H and O–H groups in total. The minimum absolute atomic E-state index is 0.0569. The highest BCUT2D eigenvalue weighted by Crippen LogP contribution is 2.17. The van der Waals surface area contributed by atoms with Crippen LogP contribution < -0.4 is 4.74 Å². The number of methoxy groups -OCH3 is 1. The monoisotopic (exact) mass is 307 g/mol. The summed E-state index contributed by atoms with van der Waals surface area (Å²) in [7, 11) is 3.09. The molecule has 0 aliphatic rings. The average Bonchev–Trinajstić information content (AvgIpc) is 2.37. The summed E-state index contributed by atoms with van der Waals surface area (Å²) in [4.78, 5) is 13.5. The molecule has 0 spiro atoms. The van der Waals surface area contributed by atoms with Crippen molar-refractivity contribution in [1.29, 1.82) is 0 Å². The first-order valence-electron chi connectivity index (χ1n) is 5.87. The van der Waals surface area contributed by atoms with E-state index in [0.717, 1.165) is 0 Å². The summed E-state index contributed by atoms with van der Waals surface area (Å²) in [5.74, 6) is -0.384. The lowest BCUT2D eigenvalue weighted by Crippen LogP contribution is -2.33. The Hall–Kier alpha value is -1.40. The Bertz CT molecular complexity index is 445. The standard InChI is InChI=1S/C13H16ClF2NO3/c1-17(7-10(14)8-19-2)12(18)9-4-3-5-11(6-9)20-13(15)16/h3-6,10,13H,7-8H2,1-2H3. The van der Waals surface area contributed by atoms with Crippen LogP contribution in [0.5, 0.6) is 5.75 Å². The van der Waals surface area contributed by atoms with Crippen LogP contribution in [0.2, 0.25) is 0 Å². The smallest absolute Gasteiger partial charge is 0.387 e. The zero-order chi connectivity index (χ0) is 15.1. The molecule has 1 amide bonds. The Balaban J connectivity index is 2.71. The molecule has 4 nitrogen and oxygen atoms in total. The average molecular weight is 308 g/mol. The van der Waals surface area contributed by atoms with Gasteiger partial charge < -0.3 is 14.4 Å². The summed E-state index contributed by atoms with van der Waals surface area (Å²) in [6.45, 7) is -2.32. The maximum absolute atomic E-state index is 12.1. The lowest BCUT2D eigenvalue weighted by atomic mass is 10.2. The van der Waals surface area contributed by atoms with Gasteiger partial charge in [0.1, 0.15) is 5.75 Å². The quantitative estimate of drug-likeness (QED) is 0.727. The molecule has 0 aliphatic carbocycles. The van der Waals surface area contributed by atoms with E-state index in [9.17, 15) is 13.6 Å². The predicted octanol–water partition coefficient (Wildman–Crippen LogP) is 2.61. The van der Waals surface area contributed by atoms with E-state index in [1.807, 2.05) is 0 Å². The van der Waals surface area contributed by atoms with Gasteiger partial charge in [-0.1, -0.05) is 6.07 Å². The van der Waals surface area contributed by atoms with Crippen molar-refractivity contribution in [3.8, 4) is 5.75 Å². The van der Waals surface area contributed by atoms with Gasteiger partial charge in [0.2, 0.25) is 0 Å². The van der Waals surface area contributed by atoms with Crippen molar-refractivity contribution in [3.05, 3.63) is 29.8 Å². The molecule has 20 heavy (non-hydrogen) atoms.